The van der Waals surface area contributed by atoms with Gasteiger partial charge < -0.3 is 4.74 Å². The van der Waals surface area contributed by atoms with Crippen LogP contribution in [-0.4, -0.2) is 14.5 Å². The van der Waals surface area contributed by atoms with Crippen LogP contribution in [0, 0.1) is 0 Å². The smallest absolute Gasteiger partial charge is 0.261 e. The van der Waals surface area contributed by atoms with Gasteiger partial charge in [0.2, 0.25) is 0 Å². The molecule has 1 aromatic rings. The summed E-state index contributed by atoms with van der Waals surface area (Å²) < 4.78 is 28.0. The van der Waals surface area contributed by atoms with Crippen LogP contribution in [0.2, 0.25) is 0 Å². The van der Waals surface area contributed by atoms with Gasteiger partial charge in [-0.1, -0.05) is 6.07 Å². The van der Waals surface area contributed by atoms with Crippen LogP contribution in [0.15, 0.2) is 29.2 Å². The minimum atomic E-state index is -3.67. The Morgan fingerprint density at radius 3 is 2.56 bits per heavy atom. The fourth-order valence-corrected chi connectivity index (χ4v) is 2.68. The van der Waals surface area contributed by atoms with E-state index < -0.39 is 9.05 Å². The van der Waals surface area contributed by atoms with Gasteiger partial charge >= 0.3 is 0 Å². The second-order valence-electron chi connectivity index (χ2n) is 3.94. The topological polar surface area (TPSA) is 43.4 Å². The lowest BCUT2D eigenvalue weighted by molar-refractivity contribution is 0.209. The molecule has 5 heteroatoms. The molecule has 1 fully saturated rings. The number of rotatable bonds is 3. The Kier molecular flexibility index (Phi) is 3.40. The van der Waals surface area contributed by atoms with E-state index in [1.165, 1.54) is 25.0 Å². The maximum atomic E-state index is 11.1. The molecule has 0 radical (unpaired) electrons. The third kappa shape index (κ3) is 2.89. The molecule has 1 saturated carbocycles. The maximum absolute atomic E-state index is 11.1. The Morgan fingerprint density at radius 2 is 1.94 bits per heavy atom. The molecule has 2 rings (SSSR count). The fraction of sp³-hybridized carbons (Fsp3) is 0.455. The summed E-state index contributed by atoms with van der Waals surface area (Å²) in [5.41, 5.74) is 0. The molecule has 0 amide bonds. The predicted octanol–water partition coefficient (Wildman–Crippen LogP) is 2.94. The van der Waals surface area contributed by atoms with E-state index in [0.717, 1.165) is 12.8 Å². The third-order valence-electron chi connectivity index (χ3n) is 2.69. The monoisotopic (exact) mass is 260 g/mol. The van der Waals surface area contributed by atoms with Crippen molar-refractivity contribution in [2.24, 2.45) is 0 Å². The van der Waals surface area contributed by atoms with Gasteiger partial charge in [0.1, 0.15) is 5.75 Å². The van der Waals surface area contributed by atoms with Crippen molar-refractivity contribution in [3.63, 3.8) is 0 Å². The van der Waals surface area contributed by atoms with Crippen LogP contribution >= 0.6 is 10.7 Å². The molecule has 0 aliphatic heterocycles. The van der Waals surface area contributed by atoms with Crippen LogP contribution in [-0.2, 0) is 9.05 Å². The normalized spacial score (nSPS) is 17.6. The van der Waals surface area contributed by atoms with E-state index in [1.807, 2.05) is 0 Å². The van der Waals surface area contributed by atoms with Gasteiger partial charge in [-0.2, -0.15) is 0 Å². The molecule has 0 bridgehead atoms. The number of hydrogen-bond acceptors (Lipinski definition) is 3. The zero-order valence-electron chi connectivity index (χ0n) is 8.73. The molecule has 1 aliphatic carbocycles. The second-order valence-corrected chi connectivity index (χ2v) is 6.50. The van der Waals surface area contributed by atoms with Crippen molar-refractivity contribution >= 4 is 19.7 Å². The van der Waals surface area contributed by atoms with Crippen molar-refractivity contribution in [3.8, 4) is 5.75 Å². The molecule has 1 aromatic carbocycles. The van der Waals surface area contributed by atoms with Crippen LogP contribution < -0.4 is 4.74 Å². The SMILES string of the molecule is O=S(=O)(Cl)c1cccc(OC2CCCC2)c1. The second kappa shape index (κ2) is 4.63. The summed E-state index contributed by atoms with van der Waals surface area (Å²) in [7, 11) is 1.60. The summed E-state index contributed by atoms with van der Waals surface area (Å²) in [5, 5.41) is 0. The Balaban J connectivity index is 2.16. The Hall–Kier alpha value is -0.740. The van der Waals surface area contributed by atoms with Gasteiger partial charge in [0.25, 0.3) is 9.05 Å². The molecular formula is C11H13ClO3S. The molecule has 1 aliphatic rings. The van der Waals surface area contributed by atoms with Gasteiger partial charge in [-0.3, -0.25) is 0 Å². The van der Waals surface area contributed by atoms with Crippen molar-refractivity contribution in [2.75, 3.05) is 0 Å². The lowest BCUT2D eigenvalue weighted by Crippen LogP contribution is -2.10. The van der Waals surface area contributed by atoms with E-state index in [-0.39, 0.29) is 11.0 Å². The number of benzene rings is 1. The van der Waals surface area contributed by atoms with Gasteiger partial charge in [0, 0.05) is 16.7 Å². The highest BCUT2D eigenvalue weighted by Crippen LogP contribution is 2.26. The molecule has 0 spiro atoms. The van der Waals surface area contributed by atoms with Gasteiger partial charge in [0.15, 0.2) is 0 Å². The van der Waals surface area contributed by atoms with Crippen LogP contribution in [0.5, 0.6) is 5.75 Å². The van der Waals surface area contributed by atoms with E-state index in [9.17, 15) is 8.42 Å². The summed E-state index contributed by atoms with van der Waals surface area (Å²) >= 11 is 0. The highest BCUT2D eigenvalue weighted by Gasteiger charge is 2.17. The van der Waals surface area contributed by atoms with Crippen molar-refractivity contribution in [1.29, 1.82) is 0 Å². The fourth-order valence-electron chi connectivity index (χ4n) is 1.90. The van der Waals surface area contributed by atoms with E-state index in [1.54, 1.807) is 12.1 Å². The first-order chi connectivity index (χ1) is 7.55. The summed E-state index contributed by atoms with van der Waals surface area (Å²) in [4.78, 5) is 0.0877. The Bertz CT molecular complexity index is 464. The molecule has 0 N–H and O–H groups in total. The quantitative estimate of drug-likeness (QED) is 0.785. The van der Waals surface area contributed by atoms with Crippen LogP contribution in [0.3, 0.4) is 0 Å². The predicted molar refractivity (Wildman–Crippen MR) is 62.4 cm³/mol. The first kappa shape index (κ1) is 11.7. The molecular weight excluding hydrogens is 248 g/mol. The van der Waals surface area contributed by atoms with Crippen LogP contribution in [0.4, 0.5) is 0 Å². The Labute approximate surface area is 99.8 Å². The first-order valence-corrected chi connectivity index (χ1v) is 7.58. The van der Waals surface area contributed by atoms with Crippen molar-refractivity contribution in [3.05, 3.63) is 24.3 Å². The van der Waals surface area contributed by atoms with Crippen molar-refractivity contribution < 1.29 is 13.2 Å². The first-order valence-electron chi connectivity index (χ1n) is 5.27. The van der Waals surface area contributed by atoms with Crippen molar-refractivity contribution in [1.82, 2.24) is 0 Å². The average Bonchev–Trinajstić information content (AvgIpc) is 2.70. The summed E-state index contributed by atoms with van der Waals surface area (Å²) in [6.45, 7) is 0. The van der Waals surface area contributed by atoms with Gasteiger partial charge in [-0.15, -0.1) is 0 Å². The van der Waals surface area contributed by atoms with Gasteiger partial charge in [0.05, 0.1) is 11.0 Å². The molecule has 16 heavy (non-hydrogen) atoms. The van der Waals surface area contributed by atoms with Gasteiger partial charge in [-0.25, -0.2) is 8.42 Å². The average molecular weight is 261 g/mol. The summed E-state index contributed by atoms with van der Waals surface area (Å²) in [6, 6.07) is 6.33. The molecule has 0 aromatic heterocycles. The lowest BCUT2D eigenvalue weighted by Gasteiger charge is -2.13. The van der Waals surface area contributed by atoms with Crippen LogP contribution in [0.25, 0.3) is 0 Å². The van der Waals surface area contributed by atoms with E-state index in [0.29, 0.717) is 5.75 Å². The molecule has 0 atom stereocenters. The number of hydrogen-bond donors (Lipinski definition) is 0. The minimum Gasteiger partial charge on any atom is -0.490 e. The van der Waals surface area contributed by atoms with Crippen molar-refractivity contribution in [2.45, 2.75) is 36.7 Å². The highest BCUT2D eigenvalue weighted by molar-refractivity contribution is 8.13. The zero-order valence-corrected chi connectivity index (χ0v) is 10.3. The summed E-state index contributed by atoms with van der Waals surface area (Å²) in [6.07, 6.45) is 4.65. The van der Waals surface area contributed by atoms with E-state index >= 15 is 0 Å². The number of halogens is 1. The molecule has 0 saturated heterocycles. The molecule has 3 nitrogen and oxygen atoms in total. The Morgan fingerprint density at radius 1 is 1.25 bits per heavy atom. The lowest BCUT2D eigenvalue weighted by atomic mass is 10.3. The minimum absolute atomic E-state index is 0.0877. The highest BCUT2D eigenvalue weighted by atomic mass is 35.7. The zero-order chi connectivity index (χ0) is 11.6. The molecule has 0 heterocycles. The van der Waals surface area contributed by atoms with Crippen LogP contribution in [0.1, 0.15) is 25.7 Å². The third-order valence-corrected chi connectivity index (χ3v) is 4.04. The van der Waals surface area contributed by atoms with E-state index in [4.69, 9.17) is 15.4 Å². The van der Waals surface area contributed by atoms with Gasteiger partial charge in [-0.05, 0) is 37.8 Å². The molecule has 0 unspecified atom stereocenters. The van der Waals surface area contributed by atoms with E-state index in [2.05, 4.69) is 0 Å². The standard InChI is InChI=1S/C11H13ClO3S/c12-16(13,14)11-7-3-6-10(8-11)15-9-4-1-2-5-9/h3,6-9H,1-2,4-5H2. The summed E-state index contributed by atoms with van der Waals surface area (Å²) in [5.74, 6) is 0.577. The number of ether oxygens (including phenoxy) is 1. The maximum Gasteiger partial charge on any atom is 0.261 e. The largest absolute Gasteiger partial charge is 0.490 e. The molecule has 88 valence electrons.